The van der Waals surface area contributed by atoms with Gasteiger partial charge < -0.3 is 23.8 Å². The first-order valence-corrected chi connectivity index (χ1v) is 8.72. The number of carbonyl (C=O) groups is 1. The lowest BCUT2D eigenvalue weighted by Gasteiger charge is -2.21. The Morgan fingerprint density at radius 1 is 1.04 bits per heavy atom. The van der Waals surface area contributed by atoms with E-state index in [2.05, 4.69) is 15.9 Å². The van der Waals surface area contributed by atoms with Gasteiger partial charge >= 0.3 is 0 Å². The summed E-state index contributed by atoms with van der Waals surface area (Å²) in [6.45, 7) is 0.595. The fourth-order valence-electron chi connectivity index (χ4n) is 2.33. The Bertz CT molecular complexity index is 723. The molecule has 6 nitrogen and oxygen atoms in total. The number of nitrogens with zero attached hydrogens (tertiary/aromatic N) is 1. The molecule has 0 aliphatic carbocycles. The quantitative estimate of drug-likeness (QED) is 0.575. The van der Waals surface area contributed by atoms with Crippen LogP contribution in [-0.4, -0.2) is 45.7 Å². The van der Waals surface area contributed by atoms with E-state index in [-0.39, 0.29) is 19.5 Å². The molecule has 0 aliphatic heterocycles. The molecule has 0 aliphatic rings. The van der Waals surface area contributed by atoms with Gasteiger partial charge in [-0.1, -0.05) is 30.3 Å². The fraction of sp³-hybridized carbons (Fsp3) is 0.316. The third kappa shape index (κ3) is 5.45. The van der Waals surface area contributed by atoms with Crippen molar-refractivity contribution in [1.29, 1.82) is 0 Å². The van der Waals surface area contributed by atoms with Crippen molar-refractivity contribution < 1.29 is 23.7 Å². The zero-order valence-electron chi connectivity index (χ0n) is 15.0. The van der Waals surface area contributed by atoms with E-state index in [1.54, 1.807) is 24.1 Å². The van der Waals surface area contributed by atoms with Crippen LogP contribution in [0.25, 0.3) is 0 Å². The van der Waals surface area contributed by atoms with Gasteiger partial charge in [0.15, 0.2) is 13.6 Å². The highest BCUT2D eigenvalue weighted by Gasteiger charge is 2.22. The first kappa shape index (κ1) is 20.2. The van der Waals surface area contributed by atoms with E-state index in [9.17, 15) is 4.79 Å². The van der Waals surface area contributed by atoms with Gasteiger partial charge in [0.1, 0.15) is 11.5 Å². The smallest absolute Gasteiger partial charge is 0.258 e. The largest absolute Gasteiger partial charge is 0.467 e. The van der Waals surface area contributed by atoms with Crippen LogP contribution in [0.2, 0.25) is 0 Å². The fourth-order valence-corrected chi connectivity index (χ4v) is 2.92. The van der Waals surface area contributed by atoms with Crippen molar-refractivity contribution in [3.8, 4) is 11.5 Å². The lowest BCUT2D eigenvalue weighted by Crippen LogP contribution is -2.27. The van der Waals surface area contributed by atoms with E-state index < -0.39 is 0 Å². The Balaban J connectivity index is 2.28. The van der Waals surface area contributed by atoms with Gasteiger partial charge in [0.2, 0.25) is 0 Å². The van der Waals surface area contributed by atoms with Crippen LogP contribution in [0.5, 0.6) is 11.5 Å². The zero-order chi connectivity index (χ0) is 18.9. The normalized spacial score (nSPS) is 10.5. The Morgan fingerprint density at radius 2 is 1.69 bits per heavy atom. The molecule has 0 unspecified atom stereocenters. The van der Waals surface area contributed by atoms with Gasteiger partial charge in [0.05, 0.1) is 5.56 Å². The van der Waals surface area contributed by atoms with Gasteiger partial charge in [0, 0.05) is 38.4 Å². The van der Waals surface area contributed by atoms with Crippen LogP contribution in [0.3, 0.4) is 0 Å². The second kappa shape index (κ2) is 10.2. The number of benzene rings is 2. The van der Waals surface area contributed by atoms with Crippen LogP contribution in [0.4, 0.5) is 0 Å². The van der Waals surface area contributed by atoms with Crippen LogP contribution >= 0.6 is 15.9 Å². The number of rotatable bonds is 9. The molecule has 0 saturated heterocycles. The second-order valence-corrected chi connectivity index (χ2v) is 6.38. The number of ether oxygens (including phenoxy) is 4. The minimum Gasteiger partial charge on any atom is -0.467 e. The average molecular weight is 424 g/mol. The van der Waals surface area contributed by atoms with Crippen molar-refractivity contribution in [2.45, 2.75) is 6.54 Å². The summed E-state index contributed by atoms with van der Waals surface area (Å²) in [5.74, 6) is 0.717. The van der Waals surface area contributed by atoms with E-state index in [4.69, 9.17) is 18.9 Å². The van der Waals surface area contributed by atoms with E-state index in [0.29, 0.717) is 28.1 Å². The van der Waals surface area contributed by atoms with Crippen LogP contribution in [0, 0.1) is 0 Å². The average Bonchev–Trinajstić information content (AvgIpc) is 2.64. The Kier molecular flexibility index (Phi) is 7.90. The first-order chi connectivity index (χ1) is 12.6. The molecular weight excluding hydrogens is 402 g/mol. The summed E-state index contributed by atoms with van der Waals surface area (Å²) in [5.41, 5.74) is 1.45. The van der Waals surface area contributed by atoms with Gasteiger partial charge in [-0.2, -0.15) is 0 Å². The molecule has 0 radical (unpaired) electrons. The minimum atomic E-state index is -0.176. The van der Waals surface area contributed by atoms with Crippen molar-refractivity contribution in [3.63, 3.8) is 0 Å². The number of amides is 1. The molecule has 2 aromatic rings. The Morgan fingerprint density at radius 3 is 2.35 bits per heavy atom. The summed E-state index contributed by atoms with van der Waals surface area (Å²) in [6, 6.07) is 13.1. The standard InChI is InChI=1S/C19H22BrNO5/c1-21(11-14-7-5-4-6-8-14)19(22)18-16(20)9-15(25-12-23-2)10-17(18)26-13-24-3/h4-10H,11-13H2,1-3H3. The van der Waals surface area contributed by atoms with Gasteiger partial charge in [-0.25, -0.2) is 0 Å². The van der Waals surface area contributed by atoms with Crippen molar-refractivity contribution >= 4 is 21.8 Å². The number of carbonyl (C=O) groups excluding carboxylic acids is 1. The number of hydrogen-bond acceptors (Lipinski definition) is 5. The second-order valence-electron chi connectivity index (χ2n) is 5.53. The highest BCUT2D eigenvalue weighted by atomic mass is 79.9. The Labute approximate surface area is 161 Å². The zero-order valence-corrected chi connectivity index (χ0v) is 16.6. The van der Waals surface area contributed by atoms with Crippen LogP contribution in [0.15, 0.2) is 46.9 Å². The molecule has 0 fully saturated rings. The molecule has 0 spiro atoms. The third-order valence-corrected chi connectivity index (χ3v) is 4.15. The van der Waals surface area contributed by atoms with Crippen molar-refractivity contribution in [2.24, 2.45) is 0 Å². The number of hydrogen-bond donors (Lipinski definition) is 0. The molecule has 0 saturated carbocycles. The maximum Gasteiger partial charge on any atom is 0.258 e. The maximum atomic E-state index is 13.0. The van der Waals surface area contributed by atoms with Gasteiger partial charge in [0.25, 0.3) is 5.91 Å². The molecule has 26 heavy (non-hydrogen) atoms. The molecule has 1 amide bonds. The summed E-state index contributed by atoms with van der Waals surface area (Å²) < 4.78 is 21.5. The maximum absolute atomic E-state index is 13.0. The van der Waals surface area contributed by atoms with Crippen LogP contribution < -0.4 is 9.47 Å². The first-order valence-electron chi connectivity index (χ1n) is 7.93. The minimum absolute atomic E-state index is 0.0167. The lowest BCUT2D eigenvalue weighted by atomic mass is 10.1. The highest BCUT2D eigenvalue weighted by Crippen LogP contribution is 2.34. The van der Waals surface area contributed by atoms with Gasteiger partial charge in [-0.05, 0) is 27.6 Å². The van der Waals surface area contributed by atoms with Crippen molar-refractivity contribution in [3.05, 3.63) is 58.1 Å². The number of halogens is 1. The van der Waals surface area contributed by atoms with E-state index in [1.165, 1.54) is 14.2 Å². The van der Waals surface area contributed by atoms with Gasteiger partial charge in [-0.3, -0.25) is 4.79 Å². The SMILES string of the molecule is COCOc1cc(Br)c(C(=O)N(C)Cc2ccccc2)c(OCOC)c1. The molecule has 2 aromatic carbocycles. The van der Waals surface area contributed by atoms with E-state index in [0.717, 1.165) is 5.56 Å². The summed E-state index contributed by atoms with van der Waals surface area (Å²) in [4.78, 5) is 14.6. The molecule has 140 valence electrons. The summed E-state index contributed by atoms with van der Waals surface area (Å²) in [7, 11) is 4.80. The molecule has 0 heterocycles. The molecule has 7 heteroatoms. The van der Waals surface area contributed by atoms with Crippen molar-refractivity contribution in [1.82, 2.24) is 4.90 Å². The molecule has 0 N–H and O–H groups in total. The molecule has 0 bridgehead atoms. The third-order valence-electron chi connectivity index (χ3n) is 3.53. The van der Waals surface area contributed by atoms with E-state index >= 15 is 0 Å². The number of methoxy groups -OCH3 is 2. The lowest BCUT2D eigenvalue weighted by molar-refractivity contribution is 0.0449. The van der Waals surface area contributed by atoms with E-state index in [1.807, 2.05) is 30.3 Å². The summed E-state index contributed by atoms with van der Waals surface area (Å²) >= 11 is 3.45. The van der Waals surface area contributed by atoms with Crippen molar-refractivity contribution in [2.75, 3.05) is 34.9 Å². The highest BCUT2D eigenvalue weighted by molar-refractivity contribution is 9.10. The van der Waals surface area contributed by atoms with Crippen LogP contribution in [-0.2, 0) is 16.0 Å². The Hall–Kier alpha value is -2.09. The van der Waals surface area contributed by atoms with Crippen LogP contribution in [0.1, 0.15) is 15.9 Å². The topological polar surface area (TPSA) is 57.2 Å². The predicted molar refractivity (Wildman–Crippen MR) is 101 cm³/mol. The molecular formula is C19H22BrNO5. The van der Waals surface area contributed by atoms with Gasteiger partial charge in [-0.15, -0.1) is 0 Å². The summed E-state index contributed by atoms with van der Waals surface area (Å²) in [5, 5.41) is 0. The molecule has 0 aromatic heterocycles. The molecule has 2 rings (SSSR count). The monoisotopic (exact) mass is 423 g/mol. The summed E-state index contributed by atoms with van der Waals surface area (Å²) in [6.07, 6.45) is 0. The predicted octanol–water partition coefficient (Wildman–Crippen LogP) is 3.69. The molecule has 0 atom stereocenters.